The molecule has 188 valence electrons. The zero-order valence-corrected chi connectivity index (χ0v) is 20.3. The highest BCUT2D eigenvalue weighted by molar-refractivity contribution is 5.38. The summed E-state index contributed by atoms with van der Waals surface area (Å²) in [5.74, 6) is 1.23. The summed E-state index contributed by atoms with van der Waals surface area (Å²) in [6.45, 7) is 9.39. The van der Waals surface area contributed by atoms with Crippen LogP contribution in [0.25, 0.3) is 0 Å². The van der Waals surface area contributed by atoms with E-state index >= 15 is 0 Å². The summed E-state index contributed by atoms with van der Waals surface area (Å²) < 4.78 is 38.9. The average Bonchev–Trinajstić information content (AvgIpc) is 3.06. The maximum absolute atomic E-state index is 13.0. The van der Waals surface area contributed by atoms with E-state index in [-0.39, 0.29) is 11.8 Å². The van der Waals surface area contributed by atoms with Gasteiger partial charge in [-0.05, 0) is 92.6 Å². The van der Waals surface area contributed by atoms with E-state index in [1.165, 1.54) is 5.57 Å². The molecule has 0 aromatic carbocycles. The van der Waals surface area contributed by atoms with E-state index in [4.69, 9.17) is 0 Å². The normalized spacial score (nSPS) is 38.4. The molecule has 3 fully saturated rings. The number of aliphatic hydroxyl groups is 3. The fraction of sp³-hybridized carbons (Fsp3) is 0.778. The quantitative estimate of drug-likeness (QED) is 0.430. The Morgan fingerprint density at radius 2 is 1.91 bits per heavy atom. The fourth-order valence-electron chi connectivity index (χ4n) is 6.79. The van der Waals surface area contributed by atoms with E-state index in [0.717, 1.165) is 44.6 Å². The molecule has 7 atom stereocenters. The van der Waals surface area contributed by atoms with Crippen molar-refractivity contribution in [1.82, 2.24) is 0 Å². The minimum Gasteiger partial charge on any atom is -0.393 e. The van der Waals surface area contributed by atoms with Gasteiger partial charge in [0.25, 0.3) is 0 Å². The molecule has 33 heavy (non-hydrogen) atoms. The molecule has 0 spiro atoms. The lowest BCUT2D eigenvalue weighted by Crippen LogP contribution is -2.42. The molecule has 0 bridgehead atoms. The van der Waals surface area contributed by atoms with Gasteiger partial charge in [-0.1, -0.05) is 44.6 Å². The van der Waals surface area contributed by atoms with Crippen LogP contribution in [-0.2, 0) is 0 Å². The molecule has 0 aromatic rings. The van der Waals surface area contributed by atoms with Gasteiger partial charge in [-0.2, -0.15) is 13.2 Å². The van der Waals surface area contributed by atoms with Gasteiger partial charge in [0.15, 0.2) is 5.60 Å². The molecule has 3 rings (SSSR count). The van der Waals surface area contributed by atoms with E-state index in [2.05, 4.69) is 26.5 Å². The molecule has 3 nitrogen and oxygen atoms in total. The Bertz CT molecular complexity index is 782. The number of fused-ring (bicyclic) bond motifs is 1. The monoisotopic (exact) mass is 470 g/mol. The van der Waals surface area contributed by atoms with Crippen molar-refractivity contribution in [2.75, 3.05) is 0 Å². The first-order valence-corrected chi connectivity index (χ1v) is 12.5. The van der Waals surface area contributed by atoms with E-state index in [1.54, 1.807) is 0 Å². The molecular formula is C27H41F3O3. The molecule has 0 radical (unpaired) electrons. The van der Waals surface area contributed by atoms with E-state index in [0.29, 0.717) is 49.0 Å². The van der Waals surface area contributed by atoms with Crippen molar-refractivity contribution in [1.29, 1.82) is 0 Å². The maximum Gasteiger partial charge on any atom is 0.416 e. The van der Waals surface area contributed by atoms with Crippen LogP contribution in [0.15, 0.2) is 35.5 Å². The predicted molar refractivity (Wildman–Crippen MR) is 124 cm³/mol. The van der Waals surface area contributed by atoms with Crippen LogP contribution < -0.4 is 0 Å². The van der Waals surface area contributed by atoms with Gasteiger partial charge in [0.2, 0.25) is 0 Å². The van der Waals surface area contributed by atoms with Gasteiger partial charge in [0.05, 0.1) is 12.2 Å². The lowest BCUT2D eigenvalue weighted by atomic mass is 9.60. The lowest BCUT2D eigenvalue weighted by molar-refractivity contribution is -0.255. The lowest BCUT2D eigenvalue weighted by Gasteiger charge is -2.44. The Morgan fingerprint density at radius 3 is 2.58 bits per heavy atom. The fourth-order valence-corrected chi connectivity index (χ4v) is 6.79. The Kier molecular flexibility index (Phi) is 7.92. The molecule has 0 amide bonds. The van der Waals surface area contributed by atoms with Crippen molar-refractivity contribution >= 4 is 0 Å². The highest BCUT2D eigenvalue weighted by atomic mass is 19.4. The van der Waals surface area contributed by atoms with Crippen LogP contribution >= 0.6 is 0 Å². The number of allylic oxidation sites excluding steroid dienone is 3. The Morgan fingerprint density at radius 1 is 1.21 bits per heavy atom. The van der Waals surface area contributed by atoms with Crippen LogP contribution in [0.4, 0.5) is 13.2 Å². The highest BCUT2D eigenvalue weighted by Crippen LogP contribution is 2.60. The van der Waals surface area contributed by atoms with Gasteiger partial charge in [-0.15, -0.1) is 0 Å². The summed E-state index contributed by atoms with van der Waals surface area (Å²) in [6, 6.07) is 0. The first-order chi connectivity index (χ1) is 15.3. The molecule has 0 aromatic heterocycles. The number of halogens is 3. The van der Waals surface area contributed by atoms with E-state index < -0.39 is 24.0 Å². The van der Waals surface area contributed by atoms with Crippen LogP contribution in [0.1, 0.15) is 85.0 Å². The van der Waals surface area contributed by atoms with Gasteiger partial charge in [0, 0.05) is 6.42 Å². The standard InChI is InChI=1S/C27H41F3O3/c1-17(7-5-14-26(4,33)27(28,29)30)22-11-12-23-19(8-6-13-25(22,23)3)9-10-20-15-21(31)16-24(32)18(20)2/h9-10,17,21-24,31-33H,2,5-8,11-16H2,1,3-4H3/b19-9+,20-10-/t17-,21-,22-,23+,24+,25-,26-/m1/s1. The first-order valence-electron chi connectivity index (χ1n) is 12.5. The summed E-state index contributed by atoms with van der Waals surface area (Å²) in [6.07, 6.45) is 5.49. The second kappa shape index (κ2) is 9.87. The summed E-state index contributed by atoms with van der Waals surface area (Å²) >= 11 is 0. The molecule has 3 saturated carbocycles. The molecule has 0 saturated heterocycles. The third-order valence-corrected chi connectivity index (χ3v) is 8.92. The summed E-state index contributed by atoms with van der Waals surface area (Å²) in [7, 11) is 0. The van der Waals surface area contributed by atoms with E-state index in [9.17, 15) is 28.5 Å². The zero-order valence-electron chi connectivity index (χ0n) is 20.3. The average molecular weight is 471 g/mol. The number of hydrogen-bond donors (Lipinski definition) is 3. The Hall–Kier alpha value is -1.11. The van der Waals surface area contributed by atoms with Gasteiger partial charge in [0.1, 0.15) is 0 Å². The van der Waals surface area contributed by atoms with Gasteiger partial charge in [-0.3, -0.25) is 0 Å². The number of alkyl halides is 3. The van der Waals surface area contributed by atoms with Crippen molar-refractivity contribution in [2.45, 2.75) is 109 Å². The number of hydrogen-bond acceptors (Lipinski definition) is 3. The minimum absolute atomic E-state index is 0.136. The Balaban J connectivity index is 1.67. The van der Waals surface area contributed by atoms with Crippen molar-refractivity contribution in [3.63, 3.8) is 0 Å². The Labute approximate surface area is 196 Å². The van der Waals surface area contributed by atoms with Gasteiger partial charge >= 0.3 is 6.18 Å². The SMILES string of the molecule is C=C1/C(=C\C=C2/CCC[C@]3(C)[C@@H]([C@H](C)CCC[C@@](C)(O)C(F)(F)F)CC[C@@H]23)C[C@@H](O)C[C@@H]1O. The largest absolute Gasteiger partial charge is 0.416 e. The van der Waals surface area contributed by atoms with Crippen molar-refractivity contribution in [2.24, 2.45) is 23.2 Å². The molecule has 0 unspecified atom stereocenters. The van der Waals surface area contributed by atoms with Crippen LogP contribution in [0, 0.1) is 23.2 Å². The zero-order chi connectivity index (χ0) is 24.6. The highest BCUT2D eigenvalue weighted by Gasteiger charge is 2.51. The summed E-state index contributed by atoms with van der Waals surface area (Å²) in [5.41, 5.74) is 0.544. The third-order valence-electron chi connectivity index (χ3n) is 8.92. The summed E-state index contributed by atoms with van der Waals surface area (Å²) in [5, 5.41) is 29.9. The molecule has 3 N–H and O–H groups in total. The predicted octanol–water partition coefficient (Wildman–Crippen LogP) is 6.25. The number of aliphatic hydroxyl groups excluding tert-OH is 2. The smallest absolute Gasteiger partial charge is 0.393 e. The molecule has 0 heterocycles. The molecule has 3 aliphatic rings. The second-order valence-corrected chi connectivity index (χ2v) is 11.3. The molecular weight excluding hydrogens is 429 g/mol. The van der Waals surface area contributed by atoms with Crippen LogP contribution in [-0.4, -0.2) is 39.3 Å². The third kappa shape index (κ3) is 5.59. The second-order valence-electron chi connectivity index (χ2n) is 11.3. The number of rotatable bonds is 6. The van der Waals surface area contributed by atoms with E-state index in [1.807, 2.05) is 6.08 Å². The van der Waals surface area contributed by atoms with Gasteiger partial charge in [-0.25, -0.2) is 0 Å². The maximum atomic E-state index is 13.0. The van der Waals surface area contributed by atoms with Crippen molar-refractivity contribution in [3.8, 4) is 0 Å². The topological polar surface area (TPSA) is 60.7 Å². The molecule has 3 aliphatic carbocycles. The van der Waals surface area contributed by atoms with Crippen LogP contribution in [0.3, 0.4) is 0 Å². The first kappa shape index (κ1) is 26.5. The molecule has 0 aliphatic heterocycles. The van der Waals surface area contributed by atoms with Crippen LogP contribution in [0.2, 0.25) is 0 Å². The van der Waals surface area contributed by atoms with Crippen LogP contribution in [0.5, 0.6) is 0 Å². The van der Waals surface area contributed by atoms with Crippen molar-refractivity contribution < 1.29 is 28.5 Å². The van der Waals surface area contributed by atoms with Crippen molar-refractivity contribution in [3.05, 3.63) is 35.5 Å². The summed E-state index contributed by atoms with van der Waals surface area (Å²) in [4.78, 5) is 0. The minimum atomic E-state index is -4.59. The van der Waals surface area contributed by atoms with Gasteiger partial charge < -0.3 is 15.3 Å². The molecule has 6 heteroatoms.